The summed E-state index contributed by atoms with van der Waals surface area (Å²) in [5, 5.41) is 12.8. The number of anilines is 1. The van der Waals surface area contributed by atoms with Crippen LogP contribution in [0.15, 0.2) is 18.2 Å². The number of hydrogen-bond acceptors (Lipinski definition) is 6. The third kappa shape index (κ3) is 2.62. The zero-order chi connectivity index (χ0) is 13.5. The summed E-state index contributed by atoms with van der Waals surface area (Å²) >= 11 is 0. The summed E-state index contributed by atoms with van der Waals surface area (Å²) in [5.74, 6) is 1.07. The van der Waals surface area contributed by atoms with E-state index < -0.39 is 22.0 Å². The number of benzene rings is 1. The van der Waals surface area contributed by atoms with E-state index in [2.05, 4.69) is 5.32 Å². The highest BCUT2D eigenvalue weighted by molar-refractivity contribution is 7.91. The number of sulfone groups is 1. The van der Waals surface area contributed by atoms with Crippen LogP contribution in [0.25, 0.3) is 0 Å². The second kappa shape index (κ2) is 4.57. The lowest BCUT2D eigenvalue weighted by atomic mass is 10.2. The first-order valence-electron chi connectivity index (χ1n) is 6.08. The lowest BCUT2D eigenvalue weighted by molar-refractivity contribution is 0.171. The first-order chi connectivity index (χ1) is 9.03. The molecule has 1 aromatic carbocycles. The Balaban J connectivity index is 1.77. The van der Waals surface area contributed by atoms with Gasteiger partial charge in [-0.1, -0.05) is 0 Å². The number of aliphatic hydroxyl groups excluding tert-OH is 1. The molecule has 0 amide bonds. The highest BCUT2D eigenvalue weighted by Gasteiger charge is 2.36. The second-order valence-corrected chi connectivity index (χ2v) is 6.91. The smallest absolute Gasteiger partial charge is 0.163 e. The normalized spacial score (nSPS) is 28.1. The van der Waals surface area contributed by atoms with Crippen LogP contribution in [0.4, 0.5) is 5.69 Å². The Morgan fingerprint density at radius 1 is 1.16 bits per heavy atom. The molecule has 1 saturated heterocycles. The van der Waals surface area contributed by atoms with Gasteiger partial charge in [0.2, 0.25) is 0 Å². The molecule has 104 valence electrons. The quantitative estimate of drug-likeness (QED) is 0.797. The molecular formula is C12H15NO5S. The van der Waals surface area contributed by atoms with Crippen LogP contribution >= 0.6 is 0 Å². The van der Waals surface area contributed by atoms with E-state index in [0.29, 0.717) is 30.4 Å². The molecule has 0 spiro atoms. The van der Waals surface area contributed by atoms with Gasteiger partial charge in [0.15, 0.2) is 21.3 Å². The van der Waals surface area contributed by atoms with Gasteiger partial charge in [-0.3, -0.25) is 0 Å². The summed E-state index contributed by atoms with van der Waals surface area (Å²) in [7, 11) is -3.15. The zero-order valence-electron chi connectivity index (χ0n) is 10.2. The Kier molecular flexibility index (Phi) is 3.02. The van der Waals surface area contributed by atoms with Gasteiger partial charge in [-0.2, -0.15) is 0 Å². The lowest BCUT2D eigenvalue weighted by Crippen LogP contribution is -2.31. The molecule has 2 aliphatic rings. The molecule has 0 aliphatic carbocycles. The van der Waals surface area contributed by atoms with Crippen LogP contribution in [0.2, 0.25) is 0 Å². The van der Waals surface area contributed by atoms with E-state index in [4.69, 9.17) is 9.47 Å². The lowest BCUT2D eigenvalue weighted by Gasteiger charge is -2.21. The van der Waals surface area contributed by atoms with Crippen molar-refractivity contribution in [1.82, 2.24) is 0 Å². The van der Waals surface area contributed by atoms with E-state index in [1.807, 2.05) is 0 Å². The maximum Gasteiger partial charge on any atom is 0.163 e. The van der Waals surface area contributed by atoms with E-state index in [-0.39, 0.29) is 11.5 Å². The molecule has 2 unspecified atom stereocenters. The summed E-state index contributed by atoms with van der Waals surface area (Å²) in [5.41, 5.74) is 0.713. The summed E-state index contributed by atoms with van der Waals surface area (Å²) in [6, 6.07) is 4.83. The van der Waals surface area contributed by atoms with Crippen LogP contribution in [0.1, 0.15) is 0 Å². The average molecular weight is 285 g/mol. The standard InChI is InChI=1S/C12H15NO5S/c14-10-7-19(15,16)6-9(10)13-8-1-2-11-12(5-8)18-4-3-17-11/h1-2,5,9-10,13-14H,3-4,6-7H2. The Hall–Kier alpha value is -1.47. The molecule has 2 N–H and O–H groups in total. The molecule has 2 atom stereocenters. The fourth-order valence-corrected chi connectivity index (χ4v) is 4.06. The van der Waals surface area contributed by atoms with Gasteiger partial charge in [-0.15, -0.1) is 0 Å². The number of aliphatic hydroxyl groups is 1. The van der Waals surface area contributed by atoms with E-state index in [0.717, 1.165) is 0 Å². The Morgan fingerprint density at radius 3 is 2.58 bits per heavy atom. The molecule has 0 saturated carbocycles. The van der Waals surface area contributed by atoms with E-state index in [1.54, 1.807) is 18.2 Å². The topological polar surface area (TPSA) is 84.9 Å². The fourth-order valence-electron chi connectivity index (χ4n) is 2.31. The van der Waals surface area contributed by atoms with Gasteiger partial charge < -0.3 is 19.9 Å². The first-order valence-corrected chi connectivity index (χ1v) is 7.90. The largest absolute Gasteiger partial charge is 0.486 e. The molecule has 2 heterocycles. The van der Waals surface area contributed by atoms with Gasteiger partial charge in [0.1, 0.15) is 13.2 Å². The Bertz CT molecular complexity index is 586. The molecule has 1 fully saturated rings. The molecule has 19 heavy (non-hydrogen) atoms. The maximum absolute atomic E-state index is 11.4. The van der Waals surface area contributed by atoms with Crippen molar-refractivity contribution in [1.29, 1.82) is 0 Å². The number of rotatable bonds is 2. The van der Waals surface area contributed by atoms with Gasteiger partial charge in [-0.05, 0) is 12.1 Å². The van der Waals surface area contributed by atoms with Crippen molar-refractivity contribution in [2.24, 2.45) is 0 Å². The van der Waals surface area contributed by atoms with Crippen molar-refractivity contribution in [3.8, 4) is 11.5 Å². The van der Waals surface area contributed by atoms with E-state index in [9.17, 15) is 13.5 Å². The summed E-state index contributed by atoms with van der Waals surface area (Å²) in [4.78, 5) is 0. The monoisotopic (exact) mass is 285 g/mol. The molecular weight excluding hydrogens is 270 g/mol. The molecule has 0 radical (unpaired) electrons. The third-order valence-corrected chi connectivity index (χ3v) is 4.93. The Morgan fingerprint density at radius 2 is 1.89 bits per heavy atom. The summed E-state index contributed by atoms with van der Waals surface area (Å²) in [6.45, 7) is 1.02. The van der Waals surface area contributed by atoms with Gasteiger partial charge >= 0.3 is 0 Å². The minimum atomic E-state index is -3.15. The van der Waals surface area contributed by atoms with Crippen LogP contribution in [0, 0.1) is 0 Å². The second-order valence-electron chi connectivity index (χ2n) is 4.75. The van der Waals surface area contributed by atoms with Gasteiger partial charge in [-0.25, -0.2) is 8.42 Å². The Labute approximate surface area is 111 Å². The number of hydrogen-bond donors (Lipinski definition) is 2. The summed E-state index contributed by atoms with van der Waals surface area (Å²) < 4.78 is 33.7. The van der Waals surface area contributed by atoms with Crippen molar-refractivity contribution in [3.05, 3.63) is 18.2 Å². The molecule has 2 aliphatic heterocycles. The number of nitrogens with one attached hydrogen (secondary N) is 1. The molecule has 0 bridgehead atoms. The molecule has 7 heteroatoms. The van der Waals surface area contributed by atoms with E-state index in [1.165, 1.54) is 0 Å². The zero-order valence-corrected chi connectivity index (χ0v) is 11.0. The highest BCUT2D eigenvalue weighted by atomic mass is 32.2. The molecule has 3 rings (SSSR count). The van der Waals surface area contributed by atoms with Crippen LogP contribution in [-0.4, -0.2) is 50.4 Å². The minimum Gasteiger partial charge on any atom is -0.486 e. The minimum absolute atomic E-state index is 0.0530. The predicted molar refractivity (Wildman–Crippen MR) is 69.5 cm³/mol. The molecule has 0 aromatic heterocycles. The van der Waals surface area contributed by atoms with Crippen LogP contribution in [0.5, 0.6) is 11.5 Å². The van der Waals surface area contributed by atoms with Crippen molar-refractivity contribution in [2.45, 2.75) is 12.1 Å². The van der Waals surface area contributed by atoms with Crippen molar-refractivity contribution < 1.29 is 23.0 Å². The van der Waals surface area contributed by atoms with Crippen molar-refractivity contribution >= 4 is 15.5 Å². The van der Waals surface area contributed by atoms with Crippen molar-refractivity contribution in [3.63, 3.8) is 0 Å². The first kappa shape index (κ1) is 12.6. The predicted octanol–water partition coefficient (Wildman–Crippen LogP) is 0.0276. The highest BCUT2D eigenvalue weighted by Crippen LogP contribution is 2.33. The van der Waals surface area contributed by atoms with Crippen LogP contribution in [0.3, 0.4) is 0 Å². The van der Waals surface area contributed by atoms with E-state index >= 15 is 0 Å². The average Bonchev–Trinajstić information content (AvgIpc) is 2.62. The number of fused-ring (bicyclic) bond motifs is 1. The van der Waals surface area contributed by atoms with Crippen LogP contribution < -0.4 is 14.8 Å². The van der Waals surface area contributed by atoms with Gasteiger partial charge in [0, 0.05) is 11.8 Å². The van der Waals surface area contributed by atoms with Gasteiger partial charge in [0.25, 0.3) is 0 Å². The maximum atomic E-state index is 11.4. The third-order valence-electron chi connectivity index (χ3n) is 3.22. The number of ether oxygens (including phenoxy) is 2. The summed E-state index contributed by atoms with van der Waals surface area (Å²) in [6.07, 6.45) is -0.877. The fraction of sp³-hybridized carbons (Fsp3) is 0.500. The SMILES string of the molecule is O=S1(=O)CC(O)C(Nc2ccc3c(c2)OCCO3)C1. The molecule has 6 nitrogen and oxygen atoms in total. The van der Waals surface area contributed by atoms with Crippen molar-refractivity contribution in [2.75, 3.05) is 30.0 Å². The van der Waals surface area contributed by atoms with Crippen LogP contribution in [-0.2, 0) is 9.84 Å². The van der Waals surface area contributed by atoms with Gasteiger partial charge in [0.05, 0.1) is 23.7 Å². The molecule has 1 aromatic rings.